The molecule has 4 nitrogen and oxygen atoms in total. The Morgan fingerprint density at radius 1 is 1.28 bits per heavy atom. The molecule has 0 radical (unpaired) electrons. The topological polar surface area (TPSA) is 48.8 Å². The van der Waals surface area contributed by atoms with Crippen LogP contribution in [0, 0.1) is 0 Å². The number of rotatable bonds is 5. The predicted molar refractivity (Wildman–Crippen MR) is 73.4 cm³/mol. The smallest absolute Gasteiger partial charge is 0.0821 e. The lowest BCUT2D eigenvalue weighted by atomic mass is 10.1. The Hall–Kier alpha value is -1.55. The fourth-order valence-electron chi connectivity index (χ4n) is 1.95. The third kappa shape index (κ3) is 2.82. The number of hydrogen-bond donors (Lipinski definition) is 1. The van der Waals surface area contributed by atoms with E-state index in [-0.39, 0.29) is 6.04 Å². The molecule has 2 rings (SSSR count). The van der Waals surface area contributed by atoms with E-state index in [1.807, 2.05) is 10.9 Å². The highest BCUT2D eigenvalue weighted by Crippen LogP contribution is 2.14. The van der Waals surface area contributed by atoms with Crippen LogP contribution in [0.1, 0.15) is 50.5 Å². The average Bonchev–Trinajstić information content (AvgIpc) is 2.98. The van der Waals surface area contributed by atoms with Gasteiger partial charge < -0.3 is 10.3 Å². The summed E-state index contributed by atoms with van der Waals surface area (Å²) < 4.78 is 4.12. The van der Waals surface area contributed by atoms with Crippen molar-refractivity contribution in [1.82, 2.24) is 14.3 Å². The number of aromatic nitrogens is 3. The fourth-order valence-corrected chi connectivity index (χ4v) is 1.95. The van der Waals surface area contributed by atoms with Crippen molar-refractivity contribution in [3.63, 3.8) is 0 Å². The molecule has 4 heteroatoms. The Morgan fingerprint density at radius 3 is 2.67 bits per heavy atom. The van der Waals surface area contributed by atoms with Gasteiger partial charge in [-0.3, -0.25) is 4.68 Å². The van der Waals surface area contributed by atoms with Gasteiger partial charge in [0.1, 0.15) is 0 Å². The van der Waals surface area contributed by atoms with Crippen molar-refractivity contribution in [1.29, 1.82) is 0 Å². The summed E-state index contributed by atoms with van der Waals surface area (Å²) in [4.78, 5) is 0. The minimum atomic E-state index is 0.138. The van der Waals surface area contributed by atoms with Crippen LogP contribution in [0.5, 0.6) is 0 Å². The van der Waals surface area contributed by atoms with Crippen LogP contribution in [0.3, 0.4) is 0 Å². The van der Waals surface area contributed by atoms with Crippen LogP contribution in [0.4, 0.5) is 0 Å². The maximum absolute atomic E-state index is 6.01. The normalized spacial score (nSPS) is 13.2. The lowest BCUT2D eigenvalue weighted by Crippen LogP contribution is -2.07. The number of nitrogens with zero attached hydrogens (tertiary/aromatic N) is 3. The van der Waals surface area contributed by atoms with Crippen molar-refractivity contribution < 1.29 is 0 Å². The molecule has 0 spiro atoms. The third-order valence-electron chi connectivity index (χ3n) is 3.18. The first-order valence-electron chi connectivity index (χ1n) is 6.55. The summed E-state index contributed by atoms with van der Waals surface area (Å²) >= 11 is 0. The number of hydrogen-bond acceptors (Lipinski definition) is 2. The van der Waals surface area contributed by atoms with Gasteiger partial charge in [-0.25, -0.2) is 0 Å². The first kappa shape index (κ1) is 12.9. The molecule has 0 aliphatic heterocycles. The van der Waals surface area contributed by atoms with Crippen LogP contribution in [0.25, 0.3) is 0 Å². The molecule has 0 saturated carbocycles. The van der Waals surface area contributed by atoms with Gasteiger partial charge in [0.05, 0.1) is 12.2 Å². The highest BCUT2D eigenvalue weighted by Gasteiger charge is 2.06. The molecule has 0 bridgehead atoms. The van der Waals surface area contributed by atoms with E-state index >= 15 is 0 Å². The Balaban J connectivity index is 2.06. The second-order valence-corrected chi connectivity index (χ2v) is 5.01. The zero-order valence-electron chi connectivity index (χ0n) is 11.4. The molecule has 1 unspecified atom stereocenters. The minimum absolute atomic E-state index is 0.138. The van der Waals surface area contributed by atoms with Crippen LogP contribution in [-0.4, -0.2) is 14.3 Å². The van der Waals surface area contributed by atoms with E-state index in [4.69, 9.17) is 5.73 Å². The van der Waals surface area contributed by atoms with Crippen molar-refractivity contribution in [3.05, 3.63) is 42.0 Å². The van der Waals surface area contributed by atoms with Crippen molar-refractivity contribution >= 4 is 0 Å². The molecule has 2 N–H and O–H groups in total. The first-order valence-corrected chi connectivity index (χ1v) is 6.55. The molecular formula is C14H22N4. The van der Waals surface area contributed by atoms with E-state index < -0.39 is 0 Å². The third-order valence-corrected chi connectivity index (χ3v) is 3.18. The van der Waals surface area contributed by atoms with E-state index in [0.717, 1.165) is 18.7 Å². The van der Waals surface area contributed by atoms with Gasteiger partial charge in [0.15, 0.2) is 0 Å². The van der Waals surface area contributed by atoms with Crippen LogP contribution >= 0.6 is 0 Å². The molecule has 0 saturated heterocycles. The van der Waals surface area contributed by atoms with Crippen molar-refractivity contribution in [2.45, 2.75) is 45.8 Å². The van der Waals surface area contributed by atoms with E-state index in [0.29, 0.717) is 6.04 Å². The maximum Gasteiger partial charge on any atom is 0.0821 e. The lowest BCUT2D eigenvalue weighted by molar-refractivity contribution is 0.523. The van der Waals surface area contributed by atoms with Crippen LogP contribution in [-0.2, 0) is 6.54 Å². The SMILES string of the molecule is CCC(N)c1ccn(Cc2ccn(C(C)C)n2)c1. The molecule has 0 aliphatic rings. The van der Waals surface area contributed by atoms with Crippen LogP contribution in [0.15, 0.2) is 30.7 Å². The number of nitrogens with two attached hydrogens (primary N) is 1. The van der Waals surface area contributed by atoms with E-state index in [2.05, 4.69) is 55.0 Å². The Kier molecular flexibility index (Phi) is 3.87. The molecular weight excluding hydrogens is 224 g/mol. The summed E-state index contributed by atoms with van der Waals surface area (Å²) in [5.41, 5.74) is 8.29. The molecule has 2 aromatic heterocycles. The highest BCUT2D eigenvalue weighted by atomic mass is 15.3. The van der Waals surface area contributed by atoms with Gasteiger partial charge in [0.25, 0.3) is 0 Å². The summed E-state index contributed by atoms with van der Waals surface area (Å²) in [6.07, 6.45) is 7.18. The second kappa shape index (κ2) is 5.40. The van der Waals surface area contributed by atoms with Gasteiger partial charge in [0.2, 0.25) is 0 Å². The molecule has 0 aromatic carbocycles. The van der Waals surface area contributed by atoms with Crippen LogP contribution in [0.2, 0.25) is 0 Å². The minimum Gasteiger partial charge on any atom is -0.348 e. The van der Waals surface area contributed by atoms with Crippen molar-refractivity contribution in [3.8, 4) is 0 Å². The first-order chi connectivity index (χ1) is 8.60. The van der Waals surface area contributed by atoms with Crippen molar-refractivity contribution in [2.75, 3.05) is 0 Å². The van der Waals surface area contributed by atoms with E-state index in [1.54, 1.807) is 0 Å². The van der Waals surface area contributed by atoms with Gasteiger partial charge >= 0.3 is 0 Å². The van der Waals surface area contributed by atoms with Gasteiger partial charge in [-0.15, -0.1) is 0 Å². The monoisotopic (exact) mass is 246 g/mol. The van der Waals surface area contributed by atoms with Gasteiger partial charge in [-0.05, 0) is 38.0 Å². The largest absolute Gasteiger partial charge is 0.348 e. The van der Waals surface area contributed by atoms with E-state index in [1.165, 1.54) is 5.56 Å². The van der Waals surface area contributed by atoms with Crippen LogP contribution < -0.4 is 5.73 Å². The highest BCUT2D eigenvalue weighted by molar-refractivity contribution is 5.16. The summed E-state index contributed by atoms with van der Waals surface area (Å²) in [6.45, 7) is 7.16. The molecule has 0 aliphatic carbocycles. The summed E-state index contributed by atoms with van der Waals surface area (Å²) in [5.74, 6) is 0. The Morgan fingerprint density at radius 2 is 2.06 bits per heavy atom. The van der Waals surface area contributed by atoms with E-state index in [9.17, 15) is 0 Å². The molecule has 18 heavy (non-hydrogen) atoms. The molecule has 0 fully saturated rings. The summed E-state index contributed by atoms with van der Waals surface area (Å²) in [7, 11) is 0. The maximum atomic E-state index is 6.01. The zero-order valence-corrected chi connectivity index (χ0v) is 11.4. The Labute approximate surface area is 108 Å². The van der Waals surface area contributed by atoms with Gasteiger partial charge in [-0.1, -0.05) is 6.92 Å². The Bertz CT molecular complexity index is 495. The van der Waals surface area contributed by atoms with Gasteiger partial charge in [-0.2, -0.15) is 5.10 Å². The zero-order chi connectivity index (χ0) is 13.1. The van der Waals surface area contributed by atoms with Crippen molar-refractivity contribution in [2.24, 2.45) is 5.73 Å². The lowest BCUT2D eigenvalue weighted by Gasteiger charge is -2.05. The van der Waals surface area contributed by atoms with Gasteiger partial charge in [0, 0.05) is 30.7 Å². The standard InChI is InChI=1S/C14H22N4/c1-4-14(15)12-5-7-17(9-12)10-13-6-8-18(16-13)11(2)3/h5-9,11,14H,4,10,15H2,1-3H3. The molecule has 2 heterocycles. The molecule has 2 aromatic rings. The summed E-state index contributed by atoms with van der Waals surface area (Å²) in [6, 6.07) is 4.71. The fraction of sp³-hybridized carbons (Fsp3) is 0.500. The molecule has 98 valence electrons. The average molecular weight is 246 g/mol. The summed E-state index contributed by atoms with van der Waals surface area (Å²) in [5, 5.41) is 4.54. The predicted octanol–water partition coefficient (Wildman–Crippen LogP) is 2.72. The second-order valence-electron chi connectivity index (χ2n) is 5.01. The quantitative estimate of drug-likeness (QED) is 0.881. The molecule has 0 amide bonds. The molecule has 1 atom stereocenters.